The fourth-order valence-electron chi connectivity index (χ4n) is 3.81. The lowest BCUT2D eigenvalue weighted by atomic mass is 9.96. The summed E-state index contributed by atoms with van der Waals surface area (Å²) in [6.45, 7) is 0.605. The predicted octanol–water partition coefficient (Wildman–Crippen LogP) is 4.67. The van der Waals surface area contributed by atoms with E-state index in [1.165, 1.54) is 7.11 Å². The molecule has 0 aliphatic heterocycles. The van der Waals surface area contributed by atoms with Gasteiger partial charge < -0.3 is 14.6 Å². The highest BCUT2D eigenvalue weighted by Crippen LogP contribution is 2.28. The van der Waals surface area contributed by atoms with Crippen molar-refractivity contribution >= 4 is 46.6 Å². The van der Waals surface area contributed by atoms with Gasteiger partial charge in [-0.3, -0.25) is 9.78 Å². The first kappa shape index (κ1) is 26.3. The Morgan fingerprint density at radius 1 is 1.22 bits per heavy atom. The summed E-state index contributed by atoms with van der Waals surface area (Å²) >= 11 is 3.17. The minimum absolute atomic E-state index is 0.343. The van der Waals surface area contributed by atoms with Gasteiger partial charge in [-0.25, -0.2) is 14.8 Å². The number of carbonyl (C=O) groups is 2. The molecule has 10 heteroatoms. The second-order valence-corrected chi connectivity index (χ2v) is 10.00. The van der Waals surface area contributed by atoms with E-state index in [4.69, 9.17) is 4.74 Å². The van der Waals surface area contributed by atoms with E-state index in [0.717, 1.165) is 27.5 Å². The maximum Gasteiger partial charge on any atom is 0.328 e. The minimum atomic E-state index is -0.724. The average Bonchev–Trinajstić information content (AvgIpc) is 3.65. The first-order valence-electron chi connectivity index (χ1n) is 11.6. The number of allylic oxidation sites excluding steroid dienone is 1. The lowest BCUT2D eigenvalue weighted by Crippen LogP contribution is -2.42. The number of hydrogen-bond donors (Lipinski definition) is 1. The normalized spacial score (nSPS) is 12.2. The molecule has 1 atom stereocenters. The number of imidazole rings is 1. The van der Waals surface area contributed by atoms with Crippen LogP contribution in [0.1, 0.15) is 27.3 Å². The van der Waals surface area contributed by atoms with Gasteiger partial charge in [-0.1, -0.05) is 12.1 Å². The second kappa shape index (κ2) is 13.0. The molecule has 1 aromatic carbocycles. The third-order valence-electron chi connectivity index (χ3n) is 5.62. The van der Waals surface area contributed by atoms with Crippen LogP contribution in [0.4, 0.5) is 0 Å². The molecule has 1 amide bonds. The molecule has 8 nitrogen and oxygen atoms in total. The Morgan fingerprint density at radius 3 is 2.78 bits per heavy atom. The van der Waals surface area contributed by atoms with Crippen LogP contribution in [0.15, 0.2) is 73.0 Å². The lowest BCUT2D eigenvalue weighted by Gasteiger charge is -2.18. The Labute approximate surface area is 223 Å². The van der Waals surface area contributed by atoms with Crippen molar-refractivity contribution in [2.45, 2.75) is 19.0 Å². The fraction of sp³-hybridized carbons (Fsp3) is 0.222. The van der Waals surface area contributed by atoms with E-state index in [1.54, 1.807) is 60.3 Å². The largest absolute Gasteiger partial charge is 0.467 e. The zero-order chi connectivity index (χ0) is 26.0. The molecule has 190 valence electrons. The number of esters is 1. The van der Waals surface area contributed by atoms with E-state index in [-0.39, 0.29) is 5.91 Å². The molecule has 3 aromatic heterocycles. The number of amides is 1. The van der Waals surface area contributed by atoms with E-state index >= 15 is 0 Å². The number of hydrogen-bond acceptors (Lipinski definition) is 8. The first-order chi connectivity index (χ1) is 18.1. The third kappa shape index (κ3) is 6.93. The molecule has 3 heterocycles. The van der Waals surface area contributed by atoms with Crippen molar-refractivity contribution in [3.05, 3.63) is 89.2 Å². The average molecular weight is 534 g/mol. The van der Waals surface area contributed by atoms with Gasteiger partial charge >= 0.3 is 5.97 Å². The van der Waals surface area contributed by atoms with Crippen molar-refractivity contribution in [2.75, 3.05) is 19.1 Å². The number of aromatic nitrogens is 4. The quantitative estimate of drug-likeness (QED) is 0.280. The molecule has 37 heavy (non-hydrogen) atoms. The molecule has 4 rings (SSSR count). The van der Waals surface area contributed by atoms with Gasteiger partial charge in [0, 0.05) is 53.1 Å². The number of nitrogens with zero attached hydrogens (tertiary/aromatic N) is 4. The highest BCUT2D eigenvalue weighted by Gasteiger charge is 2.23. The predicted molar refractivity (Wildman–Crippen MR) is 148 cm³/mol. The number of ether oxygens (including phenoxy) is 1. The number of nitrogens with one attached hydrogen (secondary N) is 1. The standard InChI is InChI=1S/C27H27N5O3S2/c1-35-27(34)24(7-12-36-2)31-25(33)22-6-5-19(15-23(22)20-4-3-8-28-16-20)14-21(26-30-10-13-37-26)17-32-11-9-29-18-32/h3-6,8-11,13-16,18,24H,7,12,17H2,1-2H3,(H,31,33)/t24-/m0/s1. The summed E-state index contributed by atoms with van der Waals surface area (Å²) in [7, 11) is 1.33. The molecule has 0 aliphatic carbocycles. The number of methoxy groups -OCH3 is 1. The van der Waals surface area contributed by atoms with E-state index in [9.17, 15) is 9.59 Å². The Bertz CT molecular complexity index is 1340. The molecular weight excluding hydrogens is 506 g/mol. The van der Waals surface area contributed by atoms with Gasteiger partial charge in [-0.2, -0.15) is 11.8 Å². The number of benzene rings is 1. The molecule has 0 radical (unpaired) electrons. The van der Waals surface area contributed by atoms with Crippen molar-refractivity contribution in [1.29, 1.82) is 0 Å². The zero-order valence-electron chi connectivity index (χ0n) is 20.5. The Morgan fingerprint density at radius 2 is 2.11 bits per heavy atom. The zero-order valence-corrected chi connectivity index (χ0v) is 22.2. The Hall–Kier alpha value is -3.76. The minimum Gasteiger partial charge on any atom is -0.467 e. The molecule has 0 unspecified atom stereocenters. The number of carbonyl (C=O) groups excluding carboxylic acids is 2. The molecule has 0 fully saturated rings. The SMILES string of the molecule is COC(=O)[C@H](CCSC)NC(=O)c1ccc(C=C(Cn2ccnc2)c2nccs2)cc1-c1cccnc1. The number of pyridine rings is 1. The van der Waals surface area contributed by atoms with Gasteiger partial charge in [0.25, 0.3) is 5.91 Å². The van der Waals surface area contributed by atoms with Gasteiger partial charge in [0.15, 0.2) is 0 Å². The van der Waals surface area contributed by atoms with Crippen LogP contribution in [0.5, 0.6) is 0 Å². The van der Waals surface area contributed by atoms with Crippen molar-refractivity contribution < 1.29 is 14.3 Å². The lowest BCUT2D eigenvalue weighted by molar-refractivity contribution is -0.142. The van der Waals surface area contributed by atoms with Gasteiger partial charge in [-0.15, -0.1) is 11.3 Å². The molecule has 0 spiro atoms. The second-order valence-electron chi connectivity index (χ2n) is 8.12. The smallest absolute Gasteiger partial charge is 0.328 e. The van der Waals surface area contributed by atoms with Crippen LogP contribution in [0, 0.1) is 0 Å². The van der Waals surface area contributed by atoms with Gasteiger partial charge in [0.2, 0.25) is 0 Å². The van der Waals surface area contributed by atoms with E-state index in [1.807, 2.05) is 46.7 Å². The molecule has 0 bridgehead atoms. The summed E-state index contributed by atoms with van der Waals surface area (Å²) in [5, 5.41) is 5.72. The molecule has 0 saturated carbocycles. The molecular formula is C27H27N5O3S2. The summed E-state index contributed by atoms with van der Waals surface area (Å²) in [5.74, 6) is -0.0858. The van der Waals surface area contributed by atoms with Gasteiger partial charge in [0.1, 0.15) is 11.0 Å². The highest BCUT2D eigenvalue weighted by molar-refractivity contribution is 7.98. The summed E-state index contributed by atoms with van der Waals surface area (Å²) in [5.41, 5.74) is 3.90. The maximum atomic E-state index is 13.4. The molecule has 0 saturated heterocycles. The highest BCUT2D eigenvalue weighted by atomic mass is 32.2. The third-order valence-corrected chi connectivity index (χ3v) is 7.12. The first-order valence-corrected chi connectivity index (χ1v) is 13.8. The van der Waals surface area contributed by atoms with Crippen LogP contribution in [-0.2, 0) is 16.1 Å². The van der Waals surface area contributed by atoms with Crippen molar-refractivity contribution in [3.8, 4) is 11.1 Å². The number of thioether (sulfide) groups is 1. The van der Waals surface area contributed by atoms with Crippen LogP contribution in [0.3, 0.4) is 0 Å². The van der Waals surface area contributed by atoms with E-state index < -0.39 is 12.0 Å². The van der Waals surface area contributed by atoms with Crippen molar-refractivity contribution in [2.24, 2.45) is 0 Å². The van der Waals surface area contributed by atoms with Crippen molar-refractivity contribution in [1.82, 2.24) is 24.8 Å². The summed E-state index contributed by atoms with van der Waals surface area (Å²) < 4.78 is 6.89. The van der Waals surface area contributed by atoms with E-state index in [2.05, 4.69) is 26.3 Å². The summed E-state index contributed by atoms with van der Waals surface area (Å²) in [6, 6.07) is 8.65. The van der Waals surface area contributed by atoms with Crippen molar-refractivity contribution in [3.63, 3.8) is 0 Å². The van der Waals surface area contributed by atoms with Crippen LogP contribution in [0.2, 0.25) is 0 Å². The number of thiazole rings is 1. The van der Waals surface area contributed by atoms with Gasteiger partial charge in [-0.05, 0) is 53.8 Å². The molecule has 4 aromatic rings. The van der Waals surface area contributed by atoms with Crippen LogP contribution in [0.25, 0.3) is 22.8 Å². The maximum absolute atomic E-state index is 13.4. The Balaban J connectivity index is 1.71. The van der Waals surface area contributed by atoms with Gasteiger partial charge in [0.05, 0.1) is 20.0 Å². The summed E-state index contributed by atoms with van der Waals surface area (Å²) in [4.78, 5) is 38.6. The van der Waals surface area contributed by atoms with E-state index in [0.29, 0.717) is 24.1 Å². The molecule has 1 N–H and O–H groups in total. The topological polar surface area (TPSA) is 99.0 Å². The van der Waals surface area contributed by atoms with Crippen LogP contribution >= 0.6 is 23.1 Å². The van der Waals surface area contributed by atoms with Crippen LogP contribution < -0.4 is 5.32 Å². The molecule has 0 aliphatic rings. The summed E-state index contributed by atoms with van der Waals surface area (Å²) in [6.07, 6.45) is 15.1. The Kier molecular flexibility index (Phi) is 9.23. The monoisotopic (exact) mass is 533 g/mol. The van der Waals surface area contributed by atoms with Crippen LogP contribution in [-0.4, -0.2) is 56.6 Å². The number of rotatable bonds is 11. The fourth-order valence-corrected chi connectivity index (χ4v) is 4.93.